The SMILES string of the molecule is CCc1noc(Cn2cccc2CNC(C)C)n1. The van der Waals surface area contributed by atoms with E-state index in [1.165, 1.54) is 5.69 Å². The van der Waals surface area contributed by atoms with Gasteiger partial charge in [0, 0.05) is 30.9 Å². The topological polar surface area (TPSA) is 55.9 Å². The summed E-state index contributed by atoms with van der Waals surface area (Å²) in [6, 6.07) is 4.62. The second-order valence-corrected chi connectivity index (χ2v) is 4.62. The van der Waals surface area contributed by atoms with E-state index in [0.29, 0.717) is 18.5 Å². The van der Waals surface area contributed by atoms with Crippen LogP contribution >= 0.6 is 0 Å². The molecular formula is C13H20N4O. The molecule has 0 saturated carbocycles. The summed E-state index contributed by atoms with van der Waals surface area (Å²) in [5.41, 5.74) is 1.22. The van der Waals surface area contributed by atoms with Crippen molar-refractivity contribution in [3.8, 4) is 0 Å². The Balaban J connectivity index is 2.02. The molecule has 5 nitrogen and oxygen atoms in total. The van der Waals surface area contributed by atoms with E-state index in [1.807, 2.05) is 19.2 Å². The second-order valence-electron chi connectivity index (χ2n) is 4.62. The van der Waals surface area contributed by atoms with E-state index in [2.05, 4.69) is 39.9 Å². The highest BCUT2D eigenvalue weighted by atomic mass is 16.5. The van der Waals surface area contributed by atoms with E-state index in [1.54, 1.807) is 0 Å². The molecule has 0 bridgehead atoms. The number of nitrogens with one attached hydrogen (secondary N) is 1. The van der Waals surface area contributed by atoms with E-state index in [-0.39, 0.29) is 0 Å². The largest absolute Gasteiger partial charge is 0.341 e. The predicted molar refractivity (Wildman–Crippen MR) is 69.2 cm³/mol. The predicted octanol–water partition coefficient (Wildman–Crippen LogP) is 1.98. The molecule has 0 radical (unpaired) electrons. The molecule has 0 aromatic carbocycles. The average Bonchev–Trinajstić information content (AvgIpc) is 2.96. The fraction of sp³-hybridized carbons (Fsp3) is 0.538. The highest BCUT2D eigenvalue weighted by molar-refractivity contribution is 5.08. The molecule has 0 aliphatic heterocycles. The third-order valence-corrected chi connectivity index (χ3v) is 2.75. The van der Waals surface area contributed by atoms with Crippen LogP contribution in [-0.4, -0.2) is 20.7 Å². The zero-order valence-electron chi connectivity index (χ0n) is 11.2. The Morgan fingerprint density at radius 1 is 1.44 bits per heavy atom. The van der Waals surface area contributed by atoms with Gasteiger partial charge in [-0.3, -0.25) is 0 Å². The number of aryl methyl sites for hydroxylation is 1. The van der Waals surface area contributed by atoms with Crippen LogP contribution < -0.4 is 5.32 Å². The van der Waals surface area contributed by atoms with Crippen molar-refractivity contribution in [2.45, 2.75) is 46.3 Å². The number of nitrogens with zero attached hydrogens (tertiary/aromatic N) is 3. The molecule has 0 amide bonds. The minimum Gasteiger partial charge on any atom is -0.341 e. The van der Waals surface area contributed by atoms with Gasteiger partial charge in [-0.1, -0.05) is 25.9 Å². The van der Waals surface area contributed by atoms with Gasteiger partial charge < -0.3 is 14.4 Å². The fourth-order valence-electron chi connectivity index (χ4n) is 1.72. The molecule has 98 valence electrons. The number of aromatic nitrogens is 3. The summed E-state index contributed by atoms with van der Waals surface area (Å²) in [4.78, 5) is 4.32. The van der Waals surface area contributed by atoms with Gasteiger partial charge in [-0.25, -0.2) is 0 Å². The molecular weight excluding hydrogens is 228 g/mol. The van der Waals surface area contributed by atoms with Crippen LogP contribution in [0.5, 0.6) is 0 Å². The molecule has 0 atom stereocenters. The van der Waals surface area contributed by atoms with Crippen molar-refractivity contribution < 1.29 is 4.52 Å². The maximum atomic E-state index is 5.21. The van der Waals surface area contributed by atoms with Crippen molar-refractivity contribution in [1.29, 1.82) is 0 Å². The van der Waals surface area contributed by atoms with Crippen LogP contribution in [0.2, 0.25) is 0 Å². The van der Waals surface area contributed by atoms with Crippen molar-refractivity contribution in [1.82, 2.24) is 20.0 Å². The van der Waals surface area contributed by atoms with Gasteiger partial charge in [-0.2, -0.15) is 4.98 Å². The first-order chi connectivity index (χ1) is 8.69. The standard InChI is InChI=1S/C13H20N4O/c1-4-12-15-13(18-16-12)9-17-7-5-6-11(17)8-14-10(2)3/h5-7,10,14H,4,8-9H2,1-3H3. The quantitative estimate of drug-likeness (QED) is 0.849. The Hall–Kier alpha value is -1.62. The summed E-state index contributed by atoms with van der Waals surface area (Å²) in [6.07, 6.45) is 2.84. The molecule has 0 aliphatic carbocycles. The third-order valence-electron chi connectivity index (χ3n) is 2.75. The van der Waals surface area contributed by atoms with Crippen molar-refractivity contribution in [2.24, 2.45) is 0 Å². The second kappa shape index (κ2) is 5.82. The molecule has 0 fully saturated rings. The number of rotatable bonds is 6. The summed E-state index contributed by atoms with van der Waals surface area (Å²) in [7, 11) is 0. The molecule has 1 N–H and O–H groups in total. The smallest absolute Gasteiger partial charge is 0.246 e. The lowest BCUT2D eigenvalue weighted by Crippen LogP contribution is -2.23. The lowest BCUT2D eigenvalue weighted by molar-refractivity contribution is 0.364. The maximum Gasteiger partial charge on any atom is 0.246 e. The lowest BCUT2D eigenvalue weighted by atomic mass is 10.3. The van der Waals surface area contributed by atoms with Gasteiger partial charge in [-0.05, 0) is 12.1 Å². The zero-order chi connectivity index (χ0) is 13.0. The minimum absolute atomic E-state index is 0.475. The van der Waals surface area contributed by atoms with Crippen molar-refractivity contribution >= 4 is 0 Å². The van der Waals surface area contributed by atoms with Crippen molar-refractivity contribution in [3.63, 3.8) is 0 Å². The fourth-order valence-corrected chi connectivity index (χ4v) is 1.72. The molecule has 2 heterocycles. The summed E-state index contributed by atoms with van der Waals surface area (Å²) >= 11 is 0. The molecule has 18 heavy (non-hydrogen) atoms. The summed E-state index contributed by atoms with van der Waals surface area (Å²) < 4.78 is 7.33. The Morgan fingerprint density at radius 2 is 2.28 bits per heavy atom. The minimum atomic E-state index is 0.475. The average molecular weight is 248 g/mol. The molecule has 5 heteroatoms. The number of hydrogen-bond donors (Lipinski definition) is 1. The molecule has 2 rings (SSSR count). The van der Waals surface area contributed by atoms with Gasteiger partial charge in [0.1, 0.15) is 6.54 Å². The first-order valence-electron chi connectivity index (χ1n) is 6.38. The first-order valence-corrected chi connectivity index (χ1v) is 6.38. The number of hydrogen-bond acceptors (Lipinski definition) is 4. The highest BCUT2D eigenvalue weighted by Crippen LogP contribution is 2.07. The summed E-state index contributed by atoms with van der Waals surface area (Å²) in [5, 5.41) is 7.31. The Kier molecular flexibility index (Phi) is 4.15. The first kappa shape index (κ1) is 12.8. The highest BCUT2D eigenvalue weighted by Gasteiger charge is 2.08. The van der Waals surface area contributed by atoms with Crippen LogP contribution in [0, 0.1) is 0 Å². The third kappa shape index (κ3) is 3.20. The van der Waals surface area contributed by atoms with Crippen LogP contribution in [0.25, 0.3) is 0 Å². The van der Waals surface area contributed by atoms with Crippen LogP contribution in [0.15, 0.2) is 22.9 Å². The Morgan fingerprint density at radius 3 is 2.94 bits per heavy atom. The normalized spacial score (nSPS) is 11.3. The Bertz CT molecular complexity index is 487. The summed E-state index contributed by atoms with van der Waals surface area (Å²) in [6.45, 7) is 7.77. The monoisotopic (exact) mass is 248 g/mol. The van der Waals surface area contributed by atoms with Gasteiger partial charge in [0.25, 0.3) is 0 Å². The lowest BCUT2D eigenvalue weighted by Gasteiger charge is -2.10. The van der Waals surface area contributed by atoms with Gasteiger partial charge in [0.05, 0.1) is 0 Å². The molecule has 2 aromatic rings. The van der Waals surface area contributed by atoms with Crippen LogP contribution in [-0.2, 0) is 19.5 Å². The van der Waals surface area contributed by atoms with Gasteiger partial charge in [-0.15, -0.1) is 0 Å². The van der Waals surface area contributed by atoms with Crippen LogP contribution in [0.1, 0.15) is 38.2 Å². The van der Waals surface area contributed by atoms with Crippen LogP contribution in [0.3, 0.4) is 0 Å². The van der Waals surface area contributed by atoms with Gasteiger partial charge >= 0.3 is 0 Å². The molecule has 2 aromatic heterocycles. The van der Waals surface area contributed by atoms with Gasteiger partial charge in [0.2, 0.25) is 5.89 Å². The molecule has 0 saturated heterocycles. The van der Waals surface area contributed by atoms with E-state index in [0.717, 1.165) is 18.8 Å². The van der Waals surface area contributed by atoms with E-state index < -0.39 is 0 Å². The van der Waals surface area contributed by atoms with E-state index in [4.69, 9.17) is 4.52 Å². The zero-order valence-corrected chi connectivity index (χ0v) is 11.2. The van der Waals surface area contributed by atoms with Crippen molar-refractivity contribution in [3.05, 3.63) is 35.7 Å². The van der Waals surface area contributed by atoms with E-state index in [9.17, 15) is 0 Å². The Labute approximate surface area is 107 Å². The molecule has 0 unspecified atom stereocenters. The molecule has 0 aliphatic rings. The van der Waals surface area contributed by atoms with Crippen LogP contribution in [0.4, 0.5) is 0 Å². The maximum absolute atomic E-state index is 5.21. The van der Waals surface area contributed by atoms with Crippen molar-refractivity contribution in [2.75, 3.05) is 0 Å². The van der Waals surface area contributed by atoms with E-state index >= 15 is 0 Å². The van der Waals surface area contributed by atoms with Gasteiger partial charge in [0.15, 0.2) is 5.82 Å². The molecule has 0 spiro atoms. The summed E-state index contributed by atoms with van der Waals surface area (Å²) in [5.74, 6) is 1.42.